The van der Waals surface area contributed by atoms with Gasteiger partial charge in [-0.05, 0) is 48.4 Å². The van der Waals surface area contributed by atoms with E-state index in [9.17, 15) is 9.59 Å². The molecular formula is C26H20BrNO4. The number of ether oxygens (including phenoxy) is 1. The van der Waals surface area contributed by atoms with Crippen LogP contribution >= 0.6 is 15.9 Å². The molecule has 5 nitrogen and oxygen atoms in total. The predicted octanol–water partition coefficient (Wildman–Crippen LogP) is 5.62. The number of carbonyl (C=O) groups excluding carboxylic acids is 1. The Morgan fingerprint density at radius 2 is 1.72 bits per heavy atom. The highest BCUT2D eigenvalue weighted by Crippen LogP contribution is 2.39. The molecule has 0 radical (unpaired) electrons. The molecule has 1 atom stereocenters. The maximum Gasteiger partial charge on any atom is 0.291 e. The molecule has 0 saturated heterocycles. The Balaban J connectivity index is 1.68. The van der Waals surface area contributed by atoms with E-state index in [-0.39, 0.29) is 17.1 Å². The maximum absolute atomic E-state index is 13.6. The van der Waals surface area contributed by atoms with Crippen molar-refractivity contribution in [1.29, 1.82) is 0 Å². The molecule has 1 aliphatic rings. The number of amides is 1. The van der Waals surface area contributed by atoms with Gasteiger partial charge in [0.15, 0.2) is 5.43 Å². The van der Waals surface area contributed by atoms with Crippen LogP contribution in [0.25, 0.3) is 11.0 Å². The van der Waals surface area contributed by atoms with E-state index in [0.717, 1.165) is 26.9 Å². The average molecular weight is 490 g/mol. The summed E-state index contributed by atoms with van der Waals surface area (Å²) in [4.78, 5) is 28.8. The summed E-state index contributed by atoms with van der Waals surface area (Å²) >= 11 is 3.43. The quantitative estimate of drug-likeness (QED) is 0.373. The molecule has 1 aliphatic heterocycles. The smallest absolute Gasteiger partial charge is 0.291 e. The second-order valence-corrected chi connectivity index (χ2v) is 8.82. The molecule has 160 valence electrons. The van der Waals surface area contributed by atoms with Crippen molar-refractivity contribution in [3.63, 3.8) is 0 Å². The Hall–Kier alpha value is -3.38. The Morgan fingerprint density at radius 1 is 1.00 bits per heavy atom. The molecule has 1 aromatic heterocycles. The lowest BCUT2D eigenvalue weighted by Gasteiger charge is -2.25. The molecule has 0 bridgehead atoms. The number of aryl methyl sites for hydroxylation is 1. The monoisotopic (exact) mass is 489 g/mol. The number of hydrogen-bond donors (Lipinski definition) is 0. The lowest BCUT2D eigenvalue weighted by atomic mass is 9.97. The highest BCUT2D eigenvalue weighted by Gasteiger charge is 2.42. The van der Waals surface area contributed by atoms with Crippen molar-refractivity contribution >= 4 is 32.8 Å². The third-order valence-electron chi connectivity index (χ3n) is 5.83. The van der Waals surface area contributed by atoms with Crippen molar-refractivity contribution < 1.29 is 13.9 Å². The van der Waals surface area contributed by atoms with Gasteiger partial charge in [0.25, 0.3) is 5.91 Å². The predicted molar refractivity (Wildman–Crippen MR) is 126 cm³/mol. The summed E-state index contributed by atoms with van der Waals surface area (Å²) in [6.07, 6.45) is 0. The lowest BCUT2D eigenvalue weighted by Crippen LogP contribution is -2.29. The molecule has 2 heterocycles. The minimum absolute atomic E-state index is 0.115. The molecule has 0 saturated carbocycles. The first-order valence-corrected chi connectivity index (χ1v) is 11.0. The van der Waals surface area contributed by atoms with Crippen molar-refractivity contribution in [2.75, 3.05) is 7.11 Å². The summed E-state index contributed by atoms with van der Waals surface area (Å²) in [5, 5.41) is 0.453. The van der Waals surface area contributed by atoms with Crippen LogP contribution in [0.15, 0.2) is 80.4 Å². The van der Waals surface area contributed by atoms with Crippen molar-refractivity contribution in [3.05, 3.63) is 109 Å². The lowest BCUT2D eigenvalue weighted by molar-refractivity contribution is 0.0714. The Morgan fingerprint density at radius 3 is 2.41 bits per heavy atom. The van der Waals surface area contributed by atoms with Gasteiger partial charge in [-0.3, -0.25) is 9.59 Å². The number of carbonyl (C=O) groups is 1. The fraction of sp³-hybridized carbons (Fsp3) is 0.154. The number of methoxy groups -OCH3 is 1. The van der Waals surface area contributed by atoms with Gasteiger partial charge in [-0.25, -0.2) is 0 Å². The van der Waals surface area contributed by atoms with E-state index in [0.29, 0.717) is 23.1 Å². The van der Waals surface area contributed by atoms with E-state index >= 15 is 0 Å². The summed E-state index contributed by atoms with van der Waals surface area (Å²) in [5.74, 6) is 0.570. The van der Waals surface area contributed by atoms with Crippen LogP contribution < -0.4 is 10.2 Å². The maximum atomic E-state index is 13.6. The zero-order valence-corrected chi connectivity index (χ0v) is 19.2. The van der Waals surface area contributed by atoms with Gasteiger partial charge in [0, 0.05) is 11.0 Å². The number of halogens is 1. The normalized spacial score (nSPS) is 15.3. The third kappa shape index (κ3) is 3.41. The minimum atomic E-state index is -0.528. The SMILES string of the molecule is COc1ccc(CN2C(=O)c3oc4ccc(Br)cc4c(=O)c3C2c2ccc(C)cc2)cc1. The first-order valence-electron chi connectivity index (χ1n) is 10.2. The van der Waals surface area contributed by atoms with Crippen LogP contribution in [0.3, 0.4) is 0 Å². The van der Waals surface area contributed by atoms with Crippen LogP contribution in [0.5, 0.6) is 5.75 Å². The zero-order valence-electron chi connectivity index (χ0n) is 17.6. The van der Waals surface area contributed by atoms with Crippen LogP contribution in [0.2, 0.25) is 0 Å². The summed E-state index contributed by atoms with van der Waals surface area (Å²) < 4.78 is 12.0. The molecular weight excluding hydrogens is 470 g/mol. The highest BCUT2D eigenvalue weighted by atomic mass is 79.9. The molecule has 1 amide bonds. The standard InChI is InChI=1S/C26H20BrNO4/c1-15-3-7-17(8-4-15)23-22-24(29)20-13-18(27)9-12-21(20)32-25(22)26(30)28(23)14-16-5-10-19(31-2)11-6-16/h3-13,23H,14H2,1-2H3. The summed E-state index contributed by atoms with van der Waals surface area (Å²) in [6, 6.07) is 20.2. The van der Waals surface area contributed by atoms with Crippen LogP contribution in [0, 0.1) is 6.92 Å². The van der Waals surface area contributed by atoms with E-state index in [2.05, 4.69) is 15.9 Å². The van der Waals surface area contributed by atoms with Crippen LogP contribution in [-0.4, -0.2) is 17.9 Å². The van der Waals surface area contributed by atoms with Gasteiger partial charge in [0.05, 0.1) is 24.1 Å². The largest absolute Gasteiger partial charge is 0.497 e. The van der Waals surface area contributed by atoms with Crippen molar-refractivity contribution in [3.8, 4) is 5.75 Å². The second-order valence-electron chi connectivity index (χ2n) is 7.91. The molecule has 3 aromatic carbocycles. The van der Waals surface area contributed by atoms with Gasteiger partial charge in [0.2, 0.25) is 5.76 Å². The van der Waals surface area contributed by atoms with E-state index in [1.807, 2.05) is 55.5 Å². The number of fused-ring (bicyclic) bond motifs is 2. The van der Waals surface area contributed by atoms with E-state index in [1.165, 1.54) is 0 Å². The van der Waals surface area contributed by atoms with E-state index in [4.69, 9.17) is 9.15 Å². The van der Waals surface area contributed by atoms with E-state index < -0.39 is 6.04 Å². The van der Waals surface area contributed by atoms with Gasteiger partial charge >= 0.3 is 0 Å². The Labute approximate surface area is 193 Å². The zero-order chi connectivity index (χ0) is 22.4. The first kappa shape index (κ1) is 20.5. The van der Waals surface area contributed by atoms with E-state index in [1.54, 1.807) is 30.2 Å². The van der Waals surface area contributed by atoms with Crippen molar-refractivity contribution in [2.24, 2.45) is 0 Å². The molecule has 4 aromatic rings. The first-order chi connectivity index (χ1) is 15.5. The molecule has 0 fully saturated rings. The van der Waals surface area contributed by atoms with Gasteiger partial charge in [-0.1, -0.05) is 57.9 Å². The van der Waals surface area contributed by atoms with Gasteiger partial charge in [-0.15, -0.1) is 0 Å². The van der Waals surface area contributed by atoms with Crippen LogP contribution in [0.1, 0.15) is 38.9 Å². The molecule has 32 heavy (non-hydrogen) atoms. The third-order valence-corrected chi connectivity index (χ3v) is 6.33. The fourth-order valence-corrected chi connectivity index (χ4v) is 4.54. The molecule has 0 spiro atoms. The molecule has 6 heteroatoms. The molecule has 0 N–H and O–H groups in total. The van der Waals surface area contributed by atoms with Gasteiger partial charge in [-0.2, -0.15) is 0 Å². The van der Waals surface area contributed by atoms with Gasteiger partial charge < -0.3 is 14.1 Å². The Bertz CT molecular complexity index is 1390. The fourth-order valence-electron chi connectivity index (χ4n) is 4.18. The number of benzene rings is 3. The summed E-state index contributed by atoms with van der Waals surface area (Å²) in [5.41, 5.74) is 3.52. The second kappa shape index (κ2) is 7.95. The topological polar surface area (TPSA) is 59.8 Å². The summed E-state index contributed by atoms with van der Waals surface area (Å²) in [6.45, 7) is 2.34. The number of rotatable bonds is 4. The molecule has 1 unspecified atom stereocenters. The Kier molecular flexibility index (Phi) is 5.10. The summed E-state index contributed by atoms with van der Waals surface area (Å²) in [7, 11) is 1.61. The average Bonchev–Trinajstić information content (AvgIpc) is 3.07. The van der Waals surface area contributed by atoms with Crippen LogP contribution in [0.4, 0.5) is 0 Å². The molecule has 0 aliphatic carbocycles. The van der Waals surface area contributed by atoms with Gasteiger partial charge in [0.1, 0.15) is 11.3 Å². The highest BCUT2D eigenvalue weighted by molar-refractivity contribution is 9.10. The molecule has 5 rings (SSSR count). The van der Waals surface area contributed by atoms with Crippen molar-refractivity contribution in [1.82, 2.24) is 4.90 Å². The minimum Gasteiger partial charge on any atom is -0.497 e. The number of nitrogens with zero attached hydrogens (tertiary/aromatic N) is 1. The number of hydrogen-bond acceptors (Lipinski definition) is 4. The van der Waals surface area contributed by atoms with Crippen molar-refractivity contribution in [2.45, 2.75) is 19.5 Å². The van der Waals surface area contributed by atoms with Crippen LogP contribution in [-0.2, 0) is 6.54 Å².